The molecule has 1 fully saturated rings. The van der Waals surface area contributed by atoms with Crippen LogP contribution in [0, 0.1) is 0 Å². The van der Waals surface area contributed by atoms with Crippen LogP contribution in [0.1, 0.15) is 25.7 Å². The number of nitrogens with zero attached hydrogens (tertiary/aromatic N) is 1. The van der Waals surface area contributed by atoms with E-state index in [9.17, 15) is 13.2 Å². The Morgan fingerprint density at radius 2 is 2.11 bits per heavy atom. The Morgan fingerprint density at radius 1 is 1.37 bits per heavy atom. The largest absolute Gasteiger partial charge is 0.396 e. The average Bonchev–Trinajstić information content (AvgIpc) is 2.32. The quantitative estimate of drug-likeness (QED) is 0.787. The Balaban J connectivity index is 2.27. The van der Waals surface area contributed by atoms with Gasteiger partial charge >= 0.3 is 0 Å². The predicted octanol–water partition coefficient (Wildman–Crippen LogP) is 0.300. The molecule has 0 spiro atoms. The van der Waals surface area contributed by atoms with Crippen LogP contribution >= 0.6 is 0 Å². The van der Waals surface area contributed by atoms with Crippen molar-refractivity contribution >= 4 is 10.0 Å². The summed E-state index contributed by atoms with van der Waals surface area (Å²) in [5.74, 6) is 0. The molecule has 0 amide bonds. The summed E-state index contributed by atoms with van der Waals surface area (Å²) >= 11 is 0. The summed E-state index contributed by atoms with van der Waals surface area (Å²) < 4.78 is 26.5. The topological polar surface area (TPSA) is 90.5 Å². The molecule has 0 saturated heterocycles. The maximum atomic E-state index is 12.5. The maximum Gasteiger partial charge on any atom is 0.247 e. The van der Waals surface area contributed by atoms with Gasteiger partial charge in [-0.25, -0.2) is 8.42 Å². The van der Waals surface area contributed by atoms with E-state index in [1.807, 2.05) is 0 Å². The molecule has 6 nitrogen and oxygen atoms in total. The third-order valence-corrected chi connectivity index (χ3v) is 5.33. The molecule has 0 radical (unpaired) electrons. The summed E-state index contributed by atoms with van der Waals surface area (Å²) in [7, 11) is -3.60. The second kappa shape index (κ2) is 5.85. The minimum absolute atomic E-state index is 0.0171. The molecule has 1 aromatic heterocycles. The molecule has 0 unspecified atom stereocenters. The third kappa shape index (κ3) is 3.05. The fourth-order valence-electron chi connectivity index (χ4n) is 2.09. The van der Waals surface area contributed by atoms with Crippen molar-refractivity contribution in [1.82, 2.24) is 9.29 Å². The van der Waals surface area contributed by atoms with E-state index >= 15 is 0 Å². The summed E-state index contributed by atoms with van der Waals surface area (Å²) in [6.45, 7) is 0.271. The van der Waals surface area contributed by atoms with Gasteiger partial charge in [0.25, 0.3) is 0 Å². The number of aliphatic hydroxyl groups is 1. The Hall–Kier alpha value is -1.18. The summed E-state index contributed by atoms with van der Waals surface area (Å²) in [5, 5.41) is 8.89. The highest BCUT2D eigenvalue weighted by atomic mass is 32.2. The van der Waals surface area contributed by atoms with Gasteiger partial charge in [-0.15, -0.1) is 0 Å². The number of pyridine rings is 1. The van der Waals surface area contributed by atoms with Crippen LogP contribution in [0.4, 0.5) is 0 Å². The van der Waals surface area contributed by atoms with Gasteiger partial charge in [0.1, 0.15) is 0 Å². The van der Waals surface area contributed by atoms with Gasteiger partial charge in [0.2, 0.25) is 15.6 Å². The van der Waals surface area contributed by atoms with Crippen molar-refractivity contribution in [3.05, 3.63) is 28.7 Å². The number of H-pyrrole nitrogens is 1. The van der Waals surface area contributed by atoms with Crippen LogP contribution < -0.4 is 5.56 Å². The van der Waals surface area contributed by atoms with Crippen molar-refractivity contribution in [2.24, 2.45) is 0 Å². The molecular weight excluding hydrogens is 268 g/mol. The molecule has 1 aromatic rings. The number of aromatic nitrogens is 1. The number of hydrogen-bond donors (Lipinski definition) is 2. The molecule has 0 atom stereocenters. The standard InChI is InChI=1S/C12H18N2O4S/c15-8-2-7-14(10-3-1-4-10)19(17,18)11-5-6-12(16)13-9-11/h5-6,9-10,15H,1-4,7-8H2,(H,13,16). The first kappa shape index (κ1) is 14.2. The molecular formula is C12H18N2O4S. The molecule has 7 heteroatoms. The summed E-state index contributed by atoms with van der Waals surface area (Å²) in [6.07, 6.45) is 4.38. The number of hydrogen-bond acceptors (Lipinski definition) is 4. The smallest absolute Gasteiger partial charge is 0.247 e. The normalized spacial score (nSPS) is 16.5. The predicted molar refractivity (Wildman–Crippen MR) is 70.3 cm³/mol. The van der Waals surface area contributed by atoms with E-state index in [1.54, 1.807) is 0 Å². The Labute approximate surface area is 112 Å². The average molecular weight is 286 g/mol. The monoisotopic (exact) mass is 286 g/mol. The molecule has 1 saturated carbocycles. The van der Waals surface area contributed by atoms with Crippen LogP contribution in [0.2, 0.25) is 0 Å². The number of aliphatic hydroxyl groups excluding tert-OH is 1. The number of rotatable bonds is 6. The minimum atomic E-state index is -3.60. The molecule has 0 bridgehead atoms. The van der Waals surface area contributed by atoms with Crippen LogP contribution in [0.5, 0.6) is 0 Å². The van der Waals surface area contributed by atoms with E-state index in [4.69, 9.17) is 5.11 Å². The molecule has 2 N–H and O–H groups in total. The fourth-order valence-corrected chi connectivity index (χ4v) is 3.78. The molecule has 0 aromatic carbocycles. The van der Waals surface area contributed by atoms with E-state index in [-0.39, 0.29) is 23.1 Å². The second-order valence-electron chi connectivity index (χ2n) is 4.67. The highest BCUT2D eigenvalue weighted by Crippen LogP contribution is 2.29. The molecule has 1 heterocycles. The van der Waals surface area contributed by atoms with Crippen molar-refractivity contribution in [1.29, 1.82) is 0 Å². The van der Waals surface area contributed by atoms with Gasteiger partial charge in [-0.05, 0) is 25.3 Å². The first-order valence-electron chi connectivity index (χ1n) is 6.37. The Kier molecular flexibility index (Phi) is 4.38. The van der Waals surface area contributed by atoms with Crippen molar-refractivity contribution in [2.45, 2.75) is 36.6 Å². The Morgan fingerprint density at radius 3 is 2.58 bits per heavy atom. The van der Waals surface area contributed by atoms with E-state index < -0.39 is 10.0 Å². The first-order chi connectivity index (χ1) is 9.05. The maximum absolute atomic E-state index is 12.5. The molecule has 19 heavy (non-hydrogen) atoms. The molecule has 106 valence electrons. The van der Waals surface area contributed by atoms with Crippen LogP contribution in [0.15, 0.2) is 28.0 Å². The van der Waals surface area contributed by atoms with Gasteiger partial charge in [0.05, 0.1) is 4.90 Å². The lowest BCUT2D eigenvalue weighted by Gasteiger charge is -2.36. The van der Waals surface area contributed by atoms with Gasteiger partial charge < -0.3 is 10.1 Å². The molecule has 1 aliphatic rings. The van der Waals surface area contributed by atoms with Gasteiger partial charge in [-0.3, -0.25) is 4.79 Å². The van der Waals surface area contributed by atoms with E-state index in [0.717, 1.165) is 19.3 Å². The van der Waals surface area contributed by atoms with Crippen molar-refractivity contribution in [3.8, 4) is 0 Å². The SMILES string of the molecule is O=c1ccc(S(=O)(=O)N(CCCO)C2CCC2)c[nH]1. The highest BCUT2D eigenvalue weighted by molar-refractivity contribution is 7.89. The molecule has 0 aliphatic heterocycles. The van der Waals surface area contributed by atoms with Gasteiger partial charge in [-0.2, -0.15) is 4.31 Å². The zero-order valence-corrected chi connectivity index (χ0v) is 11.4. The van der Waals surface area contributed by atoms with Gasteiger partial charge in [-0.1, -0.05) is 6.42 Å². The van der Waals surface area contributed by atoms with Crippen molar-refractivity contribution in [2.75, 3.05) is 13.2 Å². The zero-order valence-electron chi connectivity index (χ0n) is 10.6. The van der Waals surface area contributed by atoms with Crippen LogP contribution in [0.3, 0.4) is 0 Å². The minimum Gasteiger partial charge on any atom is -0.396 e. The van der Waals surface area contributed by atoms with Crippen molar-refractivity contribution in [3.63, 3.8) is 0 Å². The fraction of sp³-hybridized carbons (Fsp3) is 0.583. The highest BCUT2D eigenvalue weighted by Gasteiger charge is 2.34. The van der Waals surface area contributed by atoms with Crippen LogP contribution in [0.25, 0.3) is 0 Å². The van der Waals surface area contributed by atoms with Crippen molar-refractivity contribution < 1.29 is 13.5 Å². The Bertz CT molecular complexity index is 557. The first-order valence-corrected chi connectivity index (χ1v) is 7.81. The van der Waals surface area contributed by atoms with Crippen LogP contribution in [-0.4, -0.2) is 42.0 Å². The summed E-state index contributed by atoms with van der Waals surface area (Å²) in [5.41, 5.74) is -0.329. The van der Waals surface area contributed by atoms with Gasteiger partial charge in [0, 0.05) is 31.5 Å². The van der Waals surface area contributed by atoms with Gasteiger partial charge in [0.15, 0.2) is 0 Å². The second-order valence-corrected chi connectivity index (χ2v) is 6.56. The lowest BCUT2D eigenvalue weighted by Crippen LogP contribution is -2.44. The van der Waals surface area contributed by atoms with E-state index in [1.165, 1.54) is 22.6 Å². The lowest BCUT2D eigenvalue weighted by atomic mass is 9.93. The lowest BCUT2D eigenvalue weighted by molar-refractivity contribution is 0.198. The summed E-state index contributed by atoms with van der Waals surface area (Å²) in [4.78, 5) is 13.5. The van der Waals surface area contributed by atoms with E-state index in [2.05, 4.69) is 4.98 Å². The number of nitrogens with one attached hydrogen (secondary N) is 1. The summed E-state index contributed by atoms with van der Waals surface area (Å²) in [6, 6.07) is 2.54. The number of sulfonamides is 1. The number of aromatic amines is 1. The van der Waals surface area contributed by atoms with E-state index in [0.29, 0.717) is 13.0 Å². The third-order valence-electron chi connectivity index (χ3n) is 3.38. The zero-order chi connectivity index (χ0) is 13.9. The van der Waals surface area contributed by atoms with Crippen LogP contribution in [-0.2, 0) is 10.0 Å². The molecule has 1 aliphatic carbocycles. The molecule has 2 rings (SSSR count).